The SMILES string of the molecule is O=C(O)CCN(C(=O)c1cc2cc(F)ccc2s1)C1CC1. The number of carboxylic acids is 1. The molecule has 0 radical (unpaired) electrons. The van der Waals surface area contributed by atoms with Gasteiger partial charge in [-0.25, -0.2) is 4.39 Å². The van der Waals surface area contributed by atoms with E-state index in [4.69, 9.17) is 5.11 Å². The van der Waals surface area contributed by atoms with Crippen molar-refractivity contribution in [1.29, 1.82) is 0 Å². The molecule has 2 aromatic rings. The average molecular weight is 307 g/mol. The van der Waals surface area contributed by atoms with Gasteiger partial charge in [0, 0.05) is 17.3 Å². The predicted octanol–water partition coefficient (Wildman–Crippen LogP) is 3.12. The number of hydrogen-bond acceptors (Lipinski definition) is 3. The summed E-state index contributed by atoms with van der Waals surface area (Å²) >= 11 is 1.32. The van der Waals surface area contributed by atoms with Crippen molar-refractivity contribution in [3.8, 4) is 0 Å². The number of amides is 1. The molecule has 1 aliphatic rings. The third kappa shape index (κ3) is 3.05. The van der Waals surface area contributed by atoms with E-state index in [-0.39, 0.29) is 30.7 Å². The molecule has 4 nitrogen and oxygen atoms in total. The lowest BCUT2D eigenvalue weighted by Crippen LogP contribution is -2.34. The Kier molecular flexibility index (Phi) is 3.63. The van der Waals surface area contributed by atoms with E-state index >= 15 is 0 Å². The maximum Gasteiger partial charge on any atom is 0.305 e. The molecule has 0 unspecified atom stereocenters. The van der Waals surface area contributed by atoms with Crippen LogP contribution in [-0.2, 0) is 4.79 Å². The highest BCUT2D eigenvalue weighted by molar-refractivity contribution is 7.20. The Morgan fingerprint density at radius 1 is 1.33 bits per heavy atom. The Morgan fingerprint density at radius 3 is 2.76 bits per heavy atom. The molecule has 1 N–H and O–H groups in total. The van der Waals surface area contributed by atoms with Gasteiger partial charge in [0.1, 0.15) is 5.82 Å². The lowest BCUT2D eigenvalue weighted by molar-refractivity contribution is -0.137. The molecule has 1 amide bonds. The van der Waals surface area contributed by atoms with E-state index in [0.29, 0.717) is 10.3 Å². The van der Waals surface area contributed by atoms with Crippen LogP contribution in [0.1, 0.15) is 28.9 Å². The molecule has 1 aromatic carbocycles. The van der Waals surface area contributed by atoms with Gasteiger partial charge in [-0.2, -0.15) is 0 Å². The maximum atomic E-state index is 13.2. The van der Waals surface area contributed by atoms with Gasteiger partial charge in [-0.3, -0.25) is 9.59 Å². The average Bonchev–Trinajstić information content (AvgIpc) is 3.17. The van der Waals surface area contributed by atoms with E-state index in [9.17, 15) is 14.0 Å². The Morgan fingerprint density at radius 2 is 2.10 bits per heavy atom. The first-order valence-electron chi connectivity index (χ1n) is 6.76. The van der Waals surface area contributed by atoms with Gasteiger partial charge in [0.2, 0.25) is 0 Å². The van der Waals surface area contributed by atoms with E-state index in [1.54, 1.807) is 17.0 Å². The molecule has 6 heteroatoms. The van der Waals surface area contributed by atoms with Gasteiger partial charge < -0.3 is 10.0 Å². The van der Waals surface area contributed by atoms with Crippen LogP contribution in [-0.4, -0.2) is 34.5 Å². The number of halogens is 1. The molecule has 1 aromatic heterocycles. The second kappa shape index (κ2) is 5.44. The van der Waals surface area contributed by atoms with Crippen molar-refractivity contribution in [3.05, 3.63) is 35.0 Å². The van der Waals surface area contributed by atoms with Crippen LogP contribution >= 0.6 is 11.3 Å². The van der Waals surface area contributed by atoms with Crippen molar-refractivity contribution in [3.63, 3.8) is 0 Å². The standard InChI is InChI=1S/C15H14FNO3S/c16-10-1-4-12-9(7-10)8-13(21-12)15(20)17(11-2-3-11)6-5-14(18)19/h1,4,7-8,11H,2-3,5-6H2,(H,18,19). The molecule has 1 heterocycles. The van der Waals surface area contributed by atoms with Gasteiger partial charge in [-0.05, 0) is 42.5 Å². The van der Waals surface area contributed by atoms with E-state index in [2.05, 4.69) is 0 Å². The van der Waals surface area contributed by atoms with E-state index in [1.807, 2.05) is 0 Å². The second-order valence-corrected chi connectivity index (χ2v) is 6.25. The van der Waals surface area contributed by atoms with Gasteiger partial charge in [0.05, 0.1) is 11.3 Å². The molecule has 0 saturated heterocycles. The maximum absolute atomic E-state index is 13.2. The van der Waals surface area contributed by atoms with E-state index in [0.717, 1.165) is 17.5 Å². The predicted molar refractivity (Wildman–Crippen MR) is 78.1 cm³/mol. The summed E-state index contributed by atoms with van der Waals surface area (Å²) in [5, 5.41) is 9.49. The summed E-state index contributed by atoms with van der Waals surface area (Å²) in [6.45, 7) is 0.224. The largest absolute Gasteiger partial charge is 0.481 e. The van der Waals surface area contributed by atoms with Gasteiger partial charge >= 0.3 is 5.97 Å². The number of benzene rings is 1. The fourth-order valence-corrected chi connectivity index (χ4v) is 3.31. The molecule has 1 fully saturated rings. The summed E-state index contributed by atoms with van der Waals surface area (Å²) in [6, 6.07) is 6.27. The third-order valence-electron chi connectivity index (χ3n) is 3.50. The molecule has 110 valence electrons. The van der Waals surface area contributed by atoms with Crippen molar-refractivity contribution < 1.29 is 19.1 Å². The molecular formula is C15H14FNO3S. The number of carboxylic acid groups (broad SMARTS) is 1. The lowest BCUT2D eigenvalue weighted by Gasteiger charge is -2.20. The molecule has 0 spiro atoms. The Hall–Kier alpha value is -1.95. The van der Waals surface area contributed by atoms with E-state index < -0.39 is 5.97 Å². The highest BCUT2D eigenvalue weighted by atomic mass is 32.1. The van der Waals surface area contributed by atoms with Crippen LogP contribution < -0.4 is 0 Å². The van der Waals surface area contributed by atoms with Crippen LogP contribution in [0.2, 0.25) is 0 Å². The fraction of sp³-hybridized carbons (Fsp3) is 0.333. The number of nitrogens with zero attached hydrogens (tertiary/aromatic N) is 1. The Labute approximate surface area is 124 Å². The molecule has 3 rings (SSSR count). The second-order valence-electron chi connectivity index (χ2n) is 5.17. The molecule has 0 aliphatic heterocycles. The van der Waals surface area contributed by atoms with Gasteiger partial charge in [-0.15, -0.1) is 11.3 Å². The van der Waals surface area contributed by atoms with Crippen LogP contribution in [0.3, 0.4) is 0 Å². The minimum atomic E-state index is -0.910. The summed E-state index contributed by atoms with van der Waals surface area (Å²) in [7, 11) is 0. The van der Waals surface area contributed by atoms with E-state index in [1.165, 1.54) is 23.5 Å². The Bertz CT molecular complexity index is 708. The number of rotatable bonds is 5. The quantitative estimate of drug-likeness (QED) is 0.923. The van der Waals surface area contributed by atoms with Crippen LogP contribution in [0.5, 0.6) is 0 Å². The first kappa shape index (κ1) is 14.0. The van der Waals surface area contributed by atoms with Gasteiger partial charge in [-0.1, -0.05) is 0 Å². The number of hydrogen-bond donors (Lipinski definition) is 1. The first-order chi connectivity index (χ1) is 10.0. The number of carbonyl (C=O) groups excluding carboxylic acids is 1. The Balaban J connectivity index is 1.84. The molecular weight excluding hydrogens is 293 g/mol. The summed E-state index contributed by atoms with van der Waals surface area (Å²) in [4.78, 5) is 25.4. The third-order valence-corrected chi connectivity index (χ3v) is 4.61. The topological polar surface area (TPSA) is 57.6 Å². The first-order valence-corrected chi connectivity index (χ1v) is 7.58. The highest BCUT2D eigenvalue weighted by Gasteiger charge is 2.33. The summed E-state index contributed by atoms with van der Waals surface area (Å²) < 4.78 is 14.1. The summed E-state index contributed by atoms with van der Waals surface area (Å²) in [6.07, 6.45) is 1.79. The molecule has 1 saturated carbocycles. The summed E-state index contributed by atoms with van der Waals surface area (Å²) in [5.41, 5.74) is 0. The van der Waals surface area contributed by atoms with Crippen LogP contribution in [0, 0.1) is 5.82 Å². The molecule has 21 heavy (non-hydrogen) atoms. The zero-order chi connectivity index (χ0) is 15.0. The fourth-order valence-electron chi connectivity index (χ4n) is 2.31. The van der Waals surface area contributed by atoms with Crippen molar-refractivity contribution in [2.75, 3.05) is 6.54 Å². The van der Waals surface area contributed by atoms with Crippen LogP contribution in [0.15, 0.2) is 24.3 Å². The summed E-state index contributed by atoms with van der Waals surface area (Å²) in [5.74, 6) is -1.39. The van der Waals surface area contributed by atoms with Gasteiger partial charge in [0.15, 0.2) is 0 Å². The highest BCUT2D eigenvalue weighted by Crippen LogP contribution is 2.32. The van der Waals surface area contributed by atoms with Crippen molar-refractivity contribution in [1.82, 2.24) is 4.90 Å². The monoisotopic (exact) mass is 307 g/mol. The minimum absolute atomic E-state index is 0.0538. The minimum Gasteiger partial charge on any atom is -0.481 e. The lowest BCUT2D eigenvalue weighted by atomic mass is 10.2. The molecule has 1 aliphatic carbocycles. The van der Waals surface area contributed by atoms with Crippen molar-refractivity contribution in [2.24, 2.45) is 0 Å². The number of carbonyl (C=O) groups is 2. The molecule has 0 bridgehead atoms. The van der Waals surface area contributed by atoms with Crippen LogP contribution in [0.4, 0.5) is 4.39 Å². The number of thiophene rings is 1. The van der Waals surface area contributed by atoms with Crippen molar-refractivity contribution >= 4 is 33.3 Å². The normalized spacial score (nSPS) is 14.3. The smallest absolute Gasteiger partial charge is 0.305 e. The van der Waals surface area contributed by atoms with Gasteiger partial charge in [0.25, 0.3) is 5.91 Å². The molecule has 0 atom stereocenters. The number of fused-ring (bicyclic) bond motifs is 1. The van der Waals surface area contributed by atoms with Crippen molar-refractivity contribution in [2.45, 2.75) is 25.3 Å². The zero-order valence-corrected chi connectivity index (χ0v) is 12.0. The van der Waals surface area contributed by atoms with Crippen LogP contribution in [0.25, 0.3) is 10.1 Å². The number of aliphatic carboxylic acids is 1. The zero-order valence-electron chi connectivity index (χ0n) is 11.2.